The third-order valence-electron chi connectivity index (χ3n) is 1.40. The molecule has 0 saturated carbocycles. The molecule has 0 aliphatic heterocycles. The molecule has 0 aromatic heterocycles. The fourth-order valence-electron chi connectivity index (χ4n) is 0.894. The van der Waals surface area contributed by atoms with E-state index in [-0.39, 0.29) is 0 Å². The van der Waals surface area contributed by atoms with Gasteiger partial charge in [0.25, 0.3) is 0 Å². The zero-order chi connectivity index (χ0) is 13.0. The van der Waals surface area contributed by atoms with Crippen LogP contribution in [0.25, 0.3) is 0 Å². The summed E-state index contributed by atoms with van der Waals surface area (Å²) in [5.74, 6) is 5.67. The number of benzene rings is 1. The van der Waals surface area contributed by atoms with E-state index in [1.165, 1.54) is 5.01 Å². The maximum Gasteiger partial charge on any atom is 0.0568 e. The van der Waals surface area contributed by atoms with Crippen molar-refractivity contribution in [2.75, 3.05) is 5.01 Å². The summed E-state index contributed by atoms with van der Waals surface area (Å²) in [6, 6.07) is 9.62. The molecule has 0 atom stereocenters. The van der Waals surface area contributed by atoms with E-state index in [1.54, 1.807) is 13.1 Å². The van der Waals surface area contributed by atoms with Crippen molar-refractivity contribution >= 4 is 5.69 Å². The Morgan fingerprint density at radius 2 is 1.50 bits per heavy atom. The third-order valence-corrected chi connectivity index (χ3v) is 1.40. The molecule has 3 heteroatoms. The Labute approximate surface area is 99.7 Å². The highest BCUT2D eigenvalue weighted by Gasteiger charge is 1.94. The molecule has 3 nitrogen and oxygen atoms in total. The lowest BCUT2D eigenvalue weighted by Crippen LogP contribution is -2.25. The molecule has 1 rings (SSSR count). The zero-order valence-electron chi connectivity index (χ0n) is 11.1. The average molecular weight is 223 g/mol. The van der Waals surface area contributed by atoms with Gasteiger partial charge in [-0.2, -0.15) is 0 Å². The molecule has 0 saturated heterocycles. The van der Waals surface area contributed by atoms with Gasteiger partial charge >= 0.3 is 0 Å². The van der Waals surface area contributed by atoms with Crippen LogP contribution in [0.15, 0.2) is 42.2 Å². The summed E-state index contributed by atoms with van der Waals surface area (Å²) in [5.41, 5.74) is 7.07. The number of allylic oxidation sites excluding steroid dienone is 1. The Morgan fingerprint density at radius 1 is 1.06 bits per heavy atom. The summed E-state index contributed by atoms with van der Waals surface area (Å²) in [4.78, 5) is 0. The molecule has 0 amide bonds. The van der Waals surface area contributed by atoms with Gasteiger partial charge in [-0.3, -0.25) is 5.01 Å². The Morgan fingerprint density at radius 3 is 1.88 bits per heavy atom. The highest BCUT2D eigenvalue weighted by atomic mass is 15.4. The van der Waals surface area contributed by atoms with Crippen molar-refractivity contribution in [2.45, 2.75) is 34.6 Å². The topological polar surface area (TPSA) is 55.3 Å². The first-order valence-electron chi connectivity index (χ1n) is 5.73. The largest absolute Gasteiger partial charge is 0.401 e. The first-order chi connectivity index (χ1) is 7.70. The summed E-state index contributed by atoms with van der Waals surface area (Å²) >= 11 is 0. The molecule has 92 valence electrons. The zero-order valence-corrected chi connectivity index (χ0v) is 11.1. The van der Waals surface area contributed by atoms with E-state index in [4.69, 9.17) is 11.6 Å². The van der Waals surface area contributed by atoms with E-state index in [9.17, 15) is 0 Å². The fourth-order valence-corrected chi connectivity index (χ4v) is 0.894. The van der Waals surface area contributed by atoms with Crippen LogP contribution in [0, 0.1) is 0 Å². The predicted molar refractivity (Wildman–Crippen MR) is 73.7 cm³/mol. The van der Waals surface area contributed by atoms with Crippen molar-refractivity contribution in [3.8, 4) is 0 Å². The van der Waals surface area contributed by atoms with Crippen LogP contribution in [0.5, 0.6) is 0 Å². The predicted octanol–water partition coefficient (Wildman–Crippen LogP) is 3.24. The second-order valence-electron chi connectivity index (χ2n) is 2.62. The maximum absolute atomic E-state index is 5.67. The van der Waals surface area contributed by atoms with Crippen LogP contribution < -0.4 is 16.6 Å². The molecule has 0 radical (unpaired) electrons. The highest BCUT2D eigenvalue weighted by molar-refractivity contribution is 5.47. The van der Waals surface area contributed by atoms with Gasteiger partial charge in [0.2, 0.25) is 0 Å². The first-order valence-corrected chi connectivity index (χ1v) is 5.73. The Balaban J connectivity index is 0. The summed E-state index contributed by atoms with van der Waals surface area (Å²) in [7, 11) is 0. The van der Waals surface area contributed by atoms with Crippen LogP contribution in [0.2, 0.25) is 0 Å². The van der Waals surface area contributed by atoms with Crippen molar-refractivity contribution in [2.24, 2.45) is 11.6 Å². The van der Waals surface area contributed by atoms with E-state index >= 15 is 0 Å². The number of rotatable bonds is 2. The lowest BCUT2D eigenvalue weighted by atomic mass is 10.3. The maximum atomic E-state index is 5.67. The summed E-state index contributed by atoms with van der Waals surface area (Å²) in [6.07, 6.45) is 1.68. The number of nitrogens with zero attached hydrogens (tertiary/aromatic N) is 1. The number of para-hydroxylation sites is 1. The highest BCUT2D eigenvalue weighted by Crippen LogP contribution is 2.09. The molecular weight excluding hydrogens is 198 g/mol. The van der Waals surface area contributed by atoms with Crippen molar-refractivity contribution in [3.05, 3.63) is 42.2 Å². The van der Waals surface area contributed by atoms with E-state index in [2.05, 4.69) is 0 Å². The number of nitrogens with two attached hydrogens (primary N) is 2. The van der Waals surface area contributed by atoms with Crippen LogP contribution in [0.4, 0.5) is 5.69 Å². The normalized spacial score (nSPS) is 9.25. The molecular formula is C13H25N3. The quantitative estimate of drug-likeness (QED) is 0.598. The molecule has 0 aliphatic carbocycles. The van der Waals surface area contributed by atoms with Crippen LogP contribution >= 0.6 is 0 Å². The molecule has 0 heterocycles. The molecule has 0 fully saturated rings. The van der Waals surface area contributed by atoms with Gasteiger partial charge in [-0.1, -0.05) is 45.9 Å². The van der Waals surface area contributed by atoms with Crippen molar-refractivity contribution in [3.63, 3.8) is 0 Å². The van der Waals surface area contributed by atoms with E-state index in [0.29, 0.717) is 5.70 Å². The van der Waals surface area contributed by atoms with Gasteiger partial charge in [-0.25, -0.2) is 5.84 Å². The van der Waals surface area contributed by atoms with E-state index in [1.807, 2.05) is 58.0 Å². The second kappa shape index (κ2) is 11.6. The van der Waals surface area contributed by atoms with Crippen LogP contribution in [-0.4, -0.2) is 0 Å². The number of hydrazine groups is 1. The van der Waals surface area contributed by atoms with E-state index in [0.717, 1.165) is 5.69 Å². The SMILES string of the molecule is C/C(N)=C/N(N)c1ccccc1.CC.CC. The molecule has 4 N–H and O–H groups in total. The molecule has 16 heavy (non-hydrogen) atoms. The minimum absolute atomic E-state index is 0.682. The van der Waals surface area contributed by atoms with Crippen LogP contribution in [-0.2, 0) is 0 Å². The Bertz CT molecular complexity index is 264. The number of anilines is 1. The van der Waals surface area contributed by atoms with Crippen molar-refractivity contribution in [1.82, 2.24) is 0 Å². The number of hydrogen-bond donors (Lipinski definition) is 2. The van der Waals surface area contributed by atoms with E-state index < -0.39 is 0 Å². The smallest absolute Gasteiger partial charge is 0.0568 e. The standard InChI is InChI=1S/C9H13N3.2C2H6/c1-8(10)7-12(11)9-5-3-2-4-6-9;2*1-2/h2-7H,10-11H2,1H3;2*1-2H3/b8-7-;;. The summed E-state index contributed by atoms with van der Waals surface area (Å²) in [5, 5.41) is 1.50. The lowest BCUT2D eigenvalue weighted by molar-refractivity contribution is 1.05. The molecule has 0 bridgehead atoms. The second-order valence-corrected chi connectivity index (χ2v) is 2.62. The monoisotopic (exact) mass is 223 g/mol. The van der Waals surface area contributed by atoms with Crippen molar-refractivity contribution in [1.29, 1.82) is 0 Å². The van der Waals surface area contributed by atoms with Gasteiger partial charge < -0.3 is 5.73 Å². The van der Waals surface area contributed by atoms with Crippen LogP contribution in [0.3, 0.4) is 0 Å². The van der Waals surface area contributed by atoms with Gasteiger partial charge in [0, 0.05) is 11.9 Å². The molecule has 0 unspecified atom stereocenters. The minimum atomic E-state index is 0.682. The minimum Gasteiger partial charge on any atom is -0.401 e. The van der Waals surface area contributed by atoms with Crippen LogP contribution in [0.1, 0.15) is 34.6 Å². The van der Waals surface area contributed by atoms with Crippen molar-refractivity contribution < 1.29 is 0 Å². The lowest BCUT2D eigenvalue weighted by Gasteiger charge is -2.13. The molecule has 0 aliphatic rings. The summed E-state index contributed by atoms with van der Waals surface area (Å²) < 4.78 is 0. The fraction of sp³-hybridized carbons (Fsp3) is 0.385. The third kappa shape index (κ3) is 7.88. The van der Waals surface area contributed by atoms with Gasteiger partial charge in [0.15, 0.2) is 0 Å². The van der Waals surface area contributed by atoms with Gasteiger partial charge in [0.1, 0.15) is 0 Å². The Hall–Kier alpha value is -1.48. The summed E-state index contributed by atoms with van der Waals surface area (Å²) in [6.45, 7) is 9.79. The van der Waals surface area contributed by atoms with Gasteiger partial charge in [-0.15, -0.1) is 0 Å². The molecule has 0 spiro atoms. The van der Waals surface area contributed by atoms with Gasteiger partial charge in [-0.05, 0) is 19.1 Å². The average Bonchev–Trinajstić information content (AvgIpc) is 2.34. The molecule has 1 aromatic rings. The Kier molecular flexibility index (Phi) is 12.3. The molecule has 1 aromatic carbocycles. The van der Waals surface area contributed by atoms with Gasteiger partial charge in [0.05, 0.1) is 5.69 Å². The number of hydrogen-bond acceptors (Lipinski definition) is 3. The first kappa shape index (κ1) is 16.9.